The van der Waals surface area contributed by atoms with Gasteiger partial charge in [-0.25, -0.2) is 0 Å². The lowest BCUT2D eigenvalue weighted by Crippen LogP contribution is -2.54. The van der Waals surface area contributed by atoms with Crippen LogP contribution in [0.2, 0.25) is 15.1 Å². The van der Waals surface area contributed by atoms with Crippen LogP contribution >= 0.6 is 46.6 Å². The van der Waals surface area contributed by atoms with Crippen molar-refractivity contribution in [2.24, 2.45) is 0 Å². The Morgan fingerprint density at radius 1 is 0.865 bits per heavy atom. The number of hydrogen-bond acceptors (Lipinski definition) is 3. The van der Waals surface area contributed by atoms with Crippen molar-refractivity contribution in [3.8, 4) is 0 Å². The summed E-state index contributed by atoms with van der Waals surface area (Å²) < 4.78 is 0. The summed E-state index contributed by atoms with van der Waals surface area (Å²) in [4.78, 5) is 28.9. The molecule has 0 unspecified atom stereocenters. The van der Waals surface area contributed by atoms with Gasteiger partial charge in [-0.15, -0.1) is 11.8 Å². The molecule has 4 nitrogen and oxygen atoms in total. The topological polar surface area (TPSA) is 49.4 Å². The van der Waals surface area contributed by atoms with Crippen molar-refractivity contribution in [1.82, 2.24) is 10.2 Å². The number of nitrogens with one attached hydrogen (secondary N) is 1. The van der Waals surface area contributed by atoms with Crippen molar-refractivity contribution in [2.75, 3.05) is 5.75 Å². The zero-order valence-electron chi connectivity index (χ0n) is 21.1. The first-order chi connectivity index (χ1) is 17.5. The Bertz CT molecular complexity index is 1200. The third kappa shape index (κ3) is 9.57. The minimum atomic E-state index is -0.709. The van der Waals surface area contributed by atoms with E-state index in [-0.39, 0.29) is 24.1 Å². The van der Waals surface area contributed by atoms with Crippen molar-refractivity contribution >= 4 is 58.4 Å². The molecule has 37 heavy (non-hydrogen) atoms. The van der Waals surface area contributed by atoms with E-state index in [1.807, 2.05) is 81.4 Å². The Kier molecular flexibility index (Phi) is 10.8. The maximum absolute atomic E-state index is 13.7. The first-order valence-electron chi connectivity index (χ1n) is 11.9. The van der Waals surface area contributed by atoms with Crippen LogP contribution in [-0.4, -0.2) is 34.0 Å². The molecule has 3 aromatic carbocycles. The number of amides is 2. The van der Waals surface area contributed by atoms with Gasteiger partial charge in [0.15, 0.2) is 0 Å². The van der Waals surface area contributed by atoms with E-state index in [9.17, 15) is 9.59 Å². The minimum absolute atomic E-state index is 0.130. The second-order valence-electron chi connectivity index (χ2n) is 9.83. The molecule has 2 amide bonds. The fraction of sp³-hybridized carbons (Fsp3) is 0.310. The summed E-state index contributed by atoms with van der Waals surface area (Å²) in [5.41, 5.74) is 2.39. The summed E-state index contributed by atoms with van der Waals surface area (Å²) in [6.45, 7) is 6.01. The van der Waals surface area contributed by atoms with E-state index in [1.54, 1.807) is 17.0 Å². The first kappa shape index (κ1) is 29.4. The summed E-state index contributed by atoms with van der Waals surface area (Å²) in [5.74, 6) is 0.543. The molecule has 0 radical (unpaired) electrons. The molecule has 0 spiro atoms. The molecule has 8 heteroatoms. The SMILES string of the molecule is CC(C)(C)NC(=O)[C@H](Cc1ccccc1)N(Cc1ccc(Cl)c(Cl)c1)C(=O)CSCc1ccc(Cl)cc1. The Morgan fingerprint density at radius 3 is 2.14 bits per heavy atom. The maximum Gasteiger partial charge on any atom is 0.243 e. The highest BCUT2D eigenvalue weighted by Gasteiger charge is 2.32. The third-order valence-electron chi connectivity index (χ3n) is 5.51. The predicted octanol–water partition coefficient (Wildman–Crippen LogP) is 7.43. The van der Waals surface area contributed by atoms with Crippen LogP contribution in [0.25, 0.3) is 0 Å². The van der Waals surface area contributed by atoms with Gasteiger partial charge in [0.25, 0.3) is 0 Å². The number of nitrogens with zero attached hydrogens (tertiary/aromatic N) is 1. The zero-order valence-corrected chi connectivity index (χ0v) is 24.2. The smallest absolute Gasteiger partial charge is 0.243 e. The molecule has 0 heterocycles. The second kappa shape index (κ2) is 13.6. The molecule has 0 aliphatic heterocycles. The van der Waals surface area contributed by atoms with E-state index in [0.29, 0.717) is 27.2 Å². The van der Waals surface area contributed by atoms with Gasteiger partial charge in [-0.1, -0.05) is 83.3 Å². The number of thioether (sulfide) groups is 1. The van der Waals surface area contributed by atoms with Gasteiger partial charge in [0.05, 0.1) is 15.8 Å². The first-order valence-corrected chi connectivity index (χ1v) is 14.2. The normalized spacial score (nSPS) is 12.2. The summed E-state index contributed by atoms with van der Waals surface area (Å²) in [6, 6.07) is 21.9. The Balaban J connectivity index is 1.88. The maximum atomic E-state index is 13.7. The third-order valence-corrected chi connectivity index (χ3v) is 7.49. The zero-order chi connectivity index (χ0) is 27.0. The van der Waals surface area contributed by atoms with E-state index in [1.165, 1.54) is 11.8 Å². The summed E-state index contributed by atoms with van der Waals surface area (Å²) >= 11 is 19.9. The summed E-state index contributed by atoms with van der Waals surface area (Å²) in [6.07, 6.45) is 0.387. The average Bonchev–Trinajstić information content (AvgIpc) is 2.84. The van der Waals surface area contributed by atoms with E-state index in [0.717, 1.165) is 16.7 Å². The largest absolute Gasteiger partial charge is 0.350 e. The van der Waals surface area contributed by atoms with E-state index >= 15 is 0 Å². The number of halogens is 3. The predicted molar refractivity (Wildman–Crippen MR) is 156 cm³/mol. The van der Waals surface area contributed by atoms with Crippen LogP contribution < -0.4 is 5.32 Å². The van der Waals surface area contributed by atoms with Crippen LogP contribution in [0, 0.1) is 0 Å². The van der Waals surface area contributed by atoms with E-state index in [2.05, 4.69) is 5.32 Å². The highest BCUT2D eigenvalue weighted by molar-refractivity contribution is 7.99. The van der Waals surface area contributed by atoms with Crippen molar-refractivity contribution < 1.29 is 9.59 Å². The lowest BCUT2D eigenvalue weighted by molar-refractivity contribution is -0.140. The molecule has 196 valence electrons. The number of carbonyl (C=O) groups excluding carboxylic acids is 2. The summed E-state index contributed by atoms with van der Waals surface area (Å²) in [7, 11) is 0. The lowest BCUT2D eigenvalue weighted by atomic mass is 10.0. The monoisotopic (exact) mass is 576 g/mol. The molecule has 3 aromatic rings. The molecule has 0 aliphatic carbocycles. The van der Waals surface area contributed by atoms with Gasteiger partial charge in [-0.2, -0.15) is 0 Å². The number of carbonyl (C=O) groups is 2. The molecule has 0 saturated heterocycles. The Labute approximate surface area is 238 Å². The van der Waals surface area contributed by atoms with Crippen LogP contribution in [0.1, 0.15) is 37.5 Å². The molecule has 0 bridgehead atoms. The Hall–Kier alpha value is -2.18. The van der Waals surface area contributed by atoms with Gasteiger partial charge in [0.2, 0.25) is 11.8 Å². The van der Waals surface area contributed by atoms with Crippen LogP contribution in [0.3, 0.4) is 0 Å². The standard InChI is InChI=1S/C29H31Cl3N2O2S/c1-29(2,3)33-28(36)26(16-20-7-5-4-6-8-20)34(17-22-11-14-24(31)25(32)15-22)27(35)19-37-18-21-9-12-23(30)13-10-21/h4-15,26H,16-19H2,1-3H3,(H,33,36)/t26-/m0/s1. The second-order valence-corrected chi connectivity index (χ2v) is 12.1. The van der Waals surface area contributed by atoms with Crippen LogP contribution in [0.15, 0.2) is 72.8 Å². The van der Waals surface area contributed by atoms with E-state index < -0.39 is 11.6 Å². The van der Waals surface area contributed by atoms with Gasteiger partial charge < -0.3 is 10.2 Å². The molecule has 3 rings (SSSR count). The average molecular weight is 578 g/mol. The fourth-order valence-electron chi connectivity index (χ4n) is 3.76. The molecule has 1 atom stereocenters. The summed E-state index contributed by atoms with van der Waals surface area (Å²) in [5, 5.41) is 4.58. The highest BCUT2D eigenvalue weighted by Crippen LogP contribution is 2.25. The number of rotatable bonds is 10. The van der Waals surface area contributed by atoms with Gasteiger partial charge in [0.1, 0.15) is 6.04 Å². The van der Waals surface area contributed by atoms with Crippen molar-refractivity contribution in [3.05, 3.63) is 105 Å². The van der Waals surface area contributed by atoms with Crippen molar-refractivity contribution in [3.63, 3.8) is 0 Å². The lowest BCUT2D eigenvalue weighted by Gasteiger charge is -2.34. The number of benzene rings is 3. The van der Waals surface area contributed by atoms with Crippen molar-refractivity contribution in [1.29, 1.82) is 0 Å². The van der Waals surface area contributed by atoms with E-state index in [4.69, 9.17) is 34.8 Å². The van der Waals surface area contributed by atoms with Crippen molar-refractivity contribution in [2.45, 2.75) is 51.1 Å². The fourth-order valence-corrected chi connectivity index (χ4v) is 5.08. The van der Waals surface area contributed by atoms with Crippen LogP contribution in [-0.2, 0) is 28.3 Å². The molecular formula is C29H31Cl3N2O2S. The minimum Gasteiger partial charge on any atom is -0.350 e. The number of hydrogen-bond donors (Lipinski definition) is 1. The molecule has 0 fully saturated rings. The highest BCUT2D eigenvalue weighted by atomic mass is 35.5. The van der Waals surface area contributed by atoms with Gasteiger partial charge in [-0.05, 0) is 61.7 Å². The Morgan fingerprint density at radius 2 is 1.51 bits per heavy atom. The molecular weight excluding hydrogens is 547 g/mol. The van der Waals surface area contributed by atoms with Gasteiger partial charge >= 0.3 is 0 Å². The van der Waals surface area contributed by atoms with Gasteiger partial charge in [0, 0.05) is 29.3 Å². The molecule has 0 aliphatic rings. The van der Waals surface area contributed by atoms with Crippen LogP contribution in [0.5, 0.6) is 0 Å². The molecule has 0 saturated carbocycles. The molecule has 0 aromatic heterocycles. The van der Waals surface area contributed by atoms with Crippen LogP contribution in [0.4, 0.5) is 0 Å². The quantitative estimate of drug-likeness (QED) is 0.272. The van der Waals surface area contributed by atoms with Gasteiger partial charge in [-0.3, -0.25) is 9.59 Å². The molecule has 1 N–H and O–H groups in total.